The Balaban J connectivity index is 1.48. The van der Waals surface area contributed by atoms with Gasteiger partial charge in [0.25, 0.3) is 0 Å². The van der Waals surface area contributed by atoms with Gasteiger partial charge in [0, 0.05) is 5.56 Å². The average Bonchev–Trinajstić information content (AvgIpc) is 3.10. The minimum atomic E-state index is -3.93. The summed E-state index contributed by atoms with van der Waals surface area (Å²) in [4.78, 5) is 16.2. The van der Waals surface area contributed by atoms with Crippen LogP contribution in [0.3, 0.4) is 0 Å². The molecule has 0 N–H and O–H groups in total. The summed E-state index contributed by atoms with van der Waals surface area (Å²) in [5, 5.41) is 0. The van der Waals surface area contributed by atoms with E-state index < -0.39 is 16.0 Å². The van der Waals surface area contributed by atoms with Crippen LogP contribution in [0.15, 0.2) is 88.4 Å². The molecule has 31 heavy (non-hydrogen) atoms. The lowest BCUT2D eigenvalue weighted by Crippen LogP contribution is -2.09. The Kier molecular flexibility index (Phi) is 5.44. The molecule has 156 valence electrons. The summed E-state index contributed by atoms with van der Waals surface area (Å²) >= 11 is 0. The summed E-state index contributed by atoms with van der Waals surface area (Å²) < 4.78 is 35.6. The number of hydrogen-bond donors (Lipinski definition) is 0. The minimum absolute atomic E-state index is 0.0788. The Morgan fingerprint density at radius 2 is 1.61 bits per heavy atom. The van der Waals surface area contributed by atoms with Gasteiger partial charge in [0.05, 0.1) is 0 Å². The van der Waals surface area contributed by atoms with E-state index >= 15 is 0 Å². The fourth-order valence-corrected chi connectivity index (χ4v) is 3.89. The number of amides is 1. The molecule has 0 saturated heterocycles. The van der Waals surface area contributed by atoms with Crippen LogP contribution in [0.2, 0.25) is 0 Å². The van der Waals surface area contributed by atoms with Crippen LogP contribution < -0.4 is 4.18 Å². The van der Waals surface area contributed by atoms with Gasteiger partial charge in [-0.2, -0.15) is 13.4 Å². The van der Waals surface area contributed by atoms with Gasteiger partial charge in [-0.15, -0.1) is 0 Å². The Morgan fingerprint density at radius 3 is 2.29 bits per heavy atom. The van der Waals surface area contributed by atoms with Crippen LogP contribution in [0.5, 0.6) is 5.75 Å². The molecule has 0 fully saturated rings. The second-order valence-electron chi connectivity index (χ2n) is 7.12. The van der Waals surface area contributed by atoms with E-state index in [0.29, 0.717) is 5.56 Å². The van der Waals surface area contributed by atoms with Gasteiger partial charge < -0.3 is 8.92 Å². The van der Waals surface area contributed by atoms with Crippen molar-refractivity contribution in [1.29, 1.82) is 0 Å². The molecule has 0 spiro atoms. The van der Waals surface area contributed by atoms with Crippen LogP contribution in [0.4, 0.5) is 0 Å². The molecule has 0 unspecified atom stereocenters. The van der Waals surface area contributed by atoms with Gasteiger partial charge in [0.1, 0.15) is 10.6 Å². The van der Waals surface area contributed by atoms with E-state index in [0.717, 1.165) is 16.7 Å². The first-order valence-corrected chi connectivity index (χ1v) is 10.9. The standard InChI is InChI=1S/C24H19NO5S/c1-16-6-12-21(13-7-16)31(27,28)30-20-10-8-18(9-11-20)15-22-23(26)25-24(29-22)19-5-3-4-17(2)14-19/h3-15H,1-2H3/b22-15+. The van der Waals surface area contributed by atoms with Crippen molar-refractivity contribution in [3.05, 3.63) is 101 Å². The summed E-state index contributed by atoms with van der Waals surface area (Å²) in [6.45, 7) is 3.82. The molecule has 1 aliphatic heterocycles. The number of carbonyl (C=O) groups excluding carboxylic acids is 1. The van der Waals surface area contributed by atoms with Crippen molar-refractivity contribution in [1.82, 2.24) is 0 Å². The number of aliphatic imine (C=N–C) groups is 1. The van der Waals surface area contributed by atoms with E-state index in [2.05, 4.69) is 4.99 Å². The van der Waals surface area contributed by atoms with E-state index in [4.69, 9.17) is 8.92 Å². The van der Waals surface area contributed by atoms with Crippen molar-refractivity contribution in [2.45, 2.75) is 18.7 Å². The van der Waals surface area contributed by atoms with Crippen molar-refractivity contribution in [2.75, 3.05) is 0 Å². The molecule has 1 amide bonds. The number of aryl methyl sites for hydroxylation is 2. The summed E-state index contributed by atoms with van der Waals surface area (Å²) in [5.41, 5.74) is 3.35. The molecule has 7 heteroatoms. The van der Waals surface area contributed by atoms with Crippen LogP contribution in [0.25, 0.3) is 6.08 Å². The van der Waals surface area contributed by atoms with E-state index in [1.54, 1.807) is 30.3 Å². The van der Waals surface area contributed by atoms with Crippen molar-refractivity contribution >= 4 is 28.0 Å². The van der Waals surface area contributed by atoms with Crippen LogP contribution in [0.1, 0.15) is 22.3 Å². The predicted molar refractivity (Wildman–Crippen MR) is 117 cm³/mol. The molecule has 6 nitrogen and oxygen atoms in total. The van der Waals surface area contributed by atoms with Gasteiger partial charge in [0.2, 0.25) is 5.90 Å². The van der Waals surface area contributed by atoms with Gasteiger partial charge in [0.15, 0.2) is 5.76 Å². The van der Waals surface area contributed by atoms with Crippen molar-refractivity contribution < 1.29 is 22.1 Å². The minimum Gasteiger partial charge on any atom is -0.432 e. The maximum absolute atomic E-state index is 12.4. The van der Waals surface area contributed by atoms with E-state index in [1.807, 2.05) is 38.1 Å². The number of ether oxygens (including phenoxy) is 1. The molecule has 1 aliphatic rings. The fraction of sp³-hybridized carbons (Fsp3) is 0.0833. The Labute approximate surface area is 180 Å². The summed E-state index contributed by atoms with van der Waals surface area (Å²) in [5.74, 6) is 0.0402. The summed E-state index contributed by atoms with van der Waals surface area (Å²) in [6, 6.07) is 20.2. The first-order valence-electron chi connectivity index (χ1n) is 9.51. The third-order valence-electron chi connectivity index (χ3n) is 4.58. The number of benzene rings is 3. The maximum Gasteiger partial charge on any atom is 0.339 e. The zero-order chi connectivity index (χ0) is 22.0. The zero-order valence-electron chi connectivity index (χ0n) is 16.9. The van der Waals surface area contributed by atoms with Crippen LogP contribution in [0, 0.1) is 13.8 Å². The first-order chi connectivity index (χ1) is 14.8. The highest BCUT2D eigenvalue weighted by molar-refractivity contribution is 7.87. The molecule has 0 radical (unpaired) electrons. The molecule has 0 bridgehead atoms. The SMILES string of the molecule is Cc1ccc(S(=O)(=O)Oc2ccc(/C=C3/OC(c4cccc(C)c4)=NC3=O)cc2)cc1. The topological polar surface area (TPSA) is 82.0 Å². The van der Waals surface area contributed by atoms with Gasteiger partial charge in [-0.25, -0.2) is 0 Å². The lowest BCUT2D eigenvalue weighted by Gasteiger charge is -2.07. The Morgan fingerprint density at radius 1 is 0.903 bits per heavy atom. The molecular formula is C24H19NO5S. The van der Waals surface area contributed by atoms with Gasteiger partial charge in [-0.1, -0.05) is 47.5 Å². The summed E-state index contributed by atoms with van der Waals surface area (Å²) in [7, 11) is -3.93. The third kappa shape index (κ3) is 4.73. The van der Waals surface area contributed by atoms with Crippen LogP contribution in [-0.4, -0.2) is 20.2 Å². The zero-order valence-corrected chi connectivity index (χ0v) is 17.7. The molecule has 0 atom stereocenters. The predicted octanol–water partition coefficient (Wildman–Crippen LogP) is 4.42. The number of carbonyl (C=O) groups is 1. The molecule has 3 aromatic carbocycles. The molecule has 0 aliphatic carbocycles. The third-order valence-corrected chi connectivity index (χ3v) is 5.84. The molecule has 3 aromatic rings. The number of nitrogens with zero attached hydrogens (tertiary/aromatic N) is 1. The molecule has 0 aromatic heterocycles. The van der Waals surface area contributed by atoms with Gasteiger partial charge in [-0.3, -0.25) is 4.79 Å². The van der Waals surface area contributed by atoms with E-state index in [-0.39, 0.29) is 22.3 Å². The van der Waals surface area contributed by atoms with Crippen molar-refractivity contribution in [2.24, 2.45) is 4.99 Å². The van der Waals surface area contributed by atoms with Crippen molar-refractivity contribution in [3.63, 3.8) is 0 Å². The van der Waals surface area contributed by atoms with Crippen LogP contribution in [-0.2, 0) is 19.6 Å². The average molecular weight is 433 g/mol. The van der Waals surface area contributed by atoms with Crippen molar-refractivity contribution in [3.8, 4) is 5.75 Å². The molecule has 1 heterocycles. The monoisotopic (exact) mass is 433 g/mol. The first kappa shape index (κ1) is 20.6. The fourth-order valence-electron chi connectivity index (χ4n) is 2.96. The molecule has 4 rings (SSSR count). The second kappa shape index (κ2) is 8.20. The van der Waals surface area contributed by atoms with Gasteiger partial charge in [-0.05, 0) is 61.9 Å². The molecule has 0 saturated carbocycles. The van der Waals surface area contributed by atoms with Gasteiger partial charge >= 0.3 is 16.0 Å². The Bertz CT molecular complexity index is 1300. The molecular weight excluding hydrogens is 414 g/mol. The van der Waals surface area contributed by atoms with E-state index in [1.165, 1.54) is 24.3 Å². The van der Waals surface area contributed by atoms with E-state index in [9.17, 15) is 13.2 Å². The normalized spacial score (nSPS) is 15.0. The summed E-state index contributed by atoms with van der Waals surface area (Å²) in [6.07, 6.45) is 1.55. The highest BCUT2D eigenvalue weighted by Crippen LogP contribution is 2.23. The lowest BCUT2D eigenvalue weighted by molar-refractivity contribution is -0.115. The highest BCUT2D eigenvalue weighted by atomic mass is 32.2. The lowest BCUT2D eigenvalue weighted by atomic mass is 10.1. The largest absolute Gasteiger partial charge is 0.432 e. The highest BCUT2D eigenvalue weighted by Gasteiger charge is 2.24. The quantitative estimate of drug-likeness (QED) is 0.440. The second-order valence-corrected chi connectivity index (χ2v) is 8.67. The maximum atomic E-state index is 12.4. The Hall–Kier alpha value is -3.71. The smallest absolute Gasteiger partial charge is 0.339 e. The van der Waals surface area contributed by atoms with Crippen LogP contribution >= 0.6 is 0 Å². The number of rotatable bonds is 5. The number of hydrogen-bond acceptors (Lipinski definition) is 5.